The van der Waals surface area contributed by atoms with Gasteiger partial charge >= 0.3 is 0 Å². The minimum atomic E-state index is 0.632. The third-order valence-corrected chi connectivity index (χ3v) is 4.40. The molecule has 108 valence electrons. The number of nitrogens with zero attached hydrogens (tertiary/aromatic N) is 2. The average Bonchev–Trinajstić information content (AvgIpc) is 2.74. The Morgan fingerprint density at radius 2 is 1.95 bits per heavy atom. The van der Waals surface area contributed by atoms with Crippen LogP contribution in [0.2, 0.25) is 0 Å². The zero-order chi connectivity index (χ0) is 13.5. The molecule has 1 aromatic heterocycles. The van der Waals surface area contributed by atoms with E-state index in [1.807, 2.05) is 17.9 Å². The quantitative estimate of drug-likeness (QED) is 0.883. The van der Waals surface area contributed by atoms with Crippen LogP contribution in [0.4, 0.5) is 0 Å². The van der Waals surface area contributed by atoms with Crippen LogP contribution in [0.25, 0.3) is 0 Å². The molecule has 3 heteroatoms. The summed E-state index contributed by atoms with van der Waals surface area (Å²) < 4.78 is 1.91. The first-order valence-electron chi connectivity index (χ1n) is 8.00. The van der Waals surface area contributed by atoms with Gasteiger partial charge in [-0.05, 0) is 37.3 Å². The van der Waals surface area contributed by atoms with Gasteiger partial charge in [0.15, 0.2) is 0 Å². The van der Waals surface area contributed by atoms with E-state index in [0.717, 1.165) is 18.9 Å². The van der Waals surface area contributed by atoms with Crippen molar-refractivity contribution in [2.24, 2.45) is 13.0 Å². The second kappa shape index (κ2) is 7.68. The molecule has 19 heavy (non-hydrogen) atoms. The Morgan fingerprint density at radius 3 is 2.53 bits per heavy atom. The summed E-state index contributed by atoms with van der Waals surface area (Å²) in [6, 6.07) is 0.632. The lowest BCUT2D eigenvalue weighted by Gasteiger charge is -2.29. The van der Waals surface area contributed by atoms with Crippen molar-refractivity contribution in [1.29, 1.82) is 0 Å². The Morgan fingerprint density at radius 1 is 1.26 bits per heavy atom. The summed E-state index contributed by atoms with van der Waals surface area (Å²) in [5, 5.41) is 8.02. The van der Waals surface area contributed by atoms with Crippen LogP contribution in [0.1, 0.15) is 57.4 Å². The highest BCUT2D eigenvalue weighted by atomic mass is 15.2. The SMILES string of the molecule is CCNC(Cc1cnn(C)c1)C1CCCCCCC1. The molecular weight excluding hydrogens is 234 g/mol. The molecular formula is C16H29N3. The number of likely N-dealkylation sites (N-methyl/N-ethyl adjacent to an activating group) is 1. The van der Waals surface area contributed by atoms with E-state index in [1.54, 1.807) is 0 Å². The van der Waals surface area contributed by atoms with Gasteiger partial charge in [0, 0.05) is 19.3 Å². The van der Waals surface area contributed by atoms with E-state index < -0.39 is 0 Å². The molecule has 1 aliphatic carbocycles. The van der Waals surface area contributed by atoms with Gasteiger partial charge in [0.25, 0.3) is 0 Å². The summed E-state index contributed by atoms with van der Waals surface area (Å²) in [7, 11) is 2.00. The molecule has 1 atom stereocenters. The molecule has 0 radical (unpaired) electrons. The van der Waals surface area contributed by atoms with Crippen molar-refractivity contribution in [3.63, 3.8) is 0 Å². The first kappa shape index (κ1) is 14.6. The second-order valence-electron chi connectivity index (χ2n) is 6.00. The average molecular weight is 263 g/mol. The zero-order valence-corrected chi connectivity index (χ0v) is 12.6. The van der Waals surface area contributed by atoms with Crippen molar-refractivity contribution in [3.05, 3.63) is 18.0 Å². The fourth-order valence-corrected chi connectivity index (χ4v) is 3.39. The molecule has 0 spiro atoms. The van der Waals surface area contributed by atoms with Gasteiger partial charge in [-0.1, -0.05) is 39.0 Å². The van der Waals surface area contributed by atoms with E-state index >= 15 is 0 Å². The van der Waals surface area contributed by atoms with Gasteiger partial charge in [-0.2, -0.15) is 5.10 Å². The van der Waals surface area contributed by atoms with Crippen LogP contribution in [-0.2, 0) is 13.5 Å². The summed E-state index contributed by atoms with van der Waals surface area (Å²) >= 11 is 0. The Labute approximate surface area is 117 Å². The van der Waals surface area contributed by atoms with Gasteiger partial charge in [0.1, 0.15) is 0 Å². The van der Waals surface area contributed by atoms with Crippen LogP contribution in [0.3, 0.4) is 0 Å². The minimum Gasteiger partial charge on any atom is -0.314 e. The van der Waals surface area contributed by atoms with Gasteiger partial charge < -0.3 is 5.32 Å². The number of hydrogen-bond donors (Lipinski definition) is 1. The molecule has 1 heterocycles. The Balaban J connectivity index is 1.96. The summed E-state index contributed by atoms with van der Waals surface area (Å²) in [5.74, 6) is 0.848. The minimum absolute atomic E-state index is 0.632. The first-order valence-corrected chi connectivity index (χ1v) is 8.00. The van der Waals surface area contributed by atoms with Crippen molar-refractivity contribution in [2.45, 2.75) is 64.3 Å². The van der Waals surface area contributed by atoms with Gasteiger partial charge in [-0.3, -0.25) is 4.68 Å². The van der Waals surface area contributed by atoms with Crippen LogP contribution in [0, 0.1) is 5.92 Å². The Kier molecular flexibility index (Phi) is 5.90. The van der Waals surface area contributed by atoms with Crippen LogP contribution in [0.5, 0.6) is 0 Å². The molecule has 0 bridgehead atoms. The largest absolute Gasteiger partial charge is 0.314 e. The molecule has 0 amide bonds. The molecule has 0 aromatic carbocycles. The molecule has 1 N–H and O–H groups in total. The lowest BCUT2D eigenvalue weighted by molar-refractivity contribution is 0.286. The second-order valence-corrected chi connectivity index (χ2v) is 6.00. The van der Waals surface area contributed by atoms with Crippen molar-refractivity contribution in [2.75, 3.05) is 6.54 Å². The highest BCUT2D eigenvalue weighted by Gasteiger charge is 2.22. The molecule has 1 unspecified atom stereocenters. The van der Waals surface area contributed by atoms with Gasteiger partial charge in [0.05, 0.1) is 6.20 Å². The molecule has 3 nitrogen and oxygen atoms in total. The van der Waals surface area contributed by atoms with Gasteiger partial charge in [-0.25, -0.2) is 0 Å². The van der Waals surface area contributed by atoms with Crippen LogP contribution in [0.15, 0.2) is 12.4 Å². The van der Waals surface area contributed by atoms with Crippen molar-refractivity contribution in [1.82, 2.24) is 15.1 Å². The summed E-state index contributed by atoms with van der Waals surface area (Å²) in [6.07, 6.45) is 15.3. The Hall–Kier alpha value is -0.830. The van der Waals surface area contributed by atoms with E-state index in [0.29, 0.717) is 6.04 Å². The molecule has 1 aromatic rings. The van der Waals surface area contributed by atoms with E-state index in [-0.39, 0.29) is 0 Å². The standard InChI is InChI=1S/C16H29N3/c1-3-17-16(11-14-12-18-19(2)13-14)15-9-7-5-4-6-8-10-15/h12-13,15-17H,3-11H2,1-2H3. The normalized spacial score (nSPS) is 19.9. The molecule has 0 saturated heterocycles. The number of hydrogen-bond acceptors (Lipinski definition) is 2. The van der Waals surface area contributed by atoms with Crippen LogP contribution >= 0.6 is 0 Å². The smallest absolute Gasteiger partial charge is 0.0522 e. The summed E-state index contributed by atoms with van der Waals surface area (Å²) in [6.45, 7) is 3.29. The summed E-state index contributed by atoms with van der Waals surface area (Å²) in [5.41, 5.74) is 1.37. The van der Waals surface area contributed by atoms with E-state index in [1.165, 1.54) is 50.5 Å². The highest BCUT2D eigenvalue weighted by molar-refractivity contribution is 5.06. The van der Waals surface area contributed by atoms with Crippen LogP contribution in [-0.4, -0.2) is 22.4 Å². The number of aryl methyl sites for hydroxylation is 1. The highest BCUT2D eigenvalue weighted by Crippen LogP contribution is 2.26. The Bertz CT molecular complexity index is 351. The molecule has 1 aliphatic rings. The monoisotopic (exact) mass is 263 g/mol. The molecule has 0 aliphatic heterocycles. The topological polar surface area (TPSA) is 29.9 Å². The maximum absolute atomic E-state index is 4.30. The van der Waals surface area contributed by atoms with Crippen molar-refractivity contribution >= 4 is 0 Å². The fraction of sp³-hybridized carbons (Fsp3) is 0.812. The third-order valence-electron chi connectivity index (χ3n) is 4.40. The summed E-state index contributed by atoms with van der Waals surface area (Å²) in [4.78, 5) is 0. The number of aromatic nitrogens is 2. The first-order chi connectivity index (χ1) is 9.29. The van der Waals surface area contributed by atoms with E-state index in [2.05, 4.69) is 23.5 Å². The van der Waals surface area contributed by atoms with Crippen LogP contribution < -0.4 is 5.32 Å². The number of nitrogens with one attached hydrogen (secondary N) is 1. The third kappa shape index (κ3) is 4.64. The number of rotatable bonds is 5. The van der Waals surface area contributed by atoms with Crippen molar-refractivity contribution < 1.29 is 0 Å². The van der Waals surface area contributed by atoms with E-state index in [4.69, 9.17) is 0 Å². The molecule has 2 rings (SSSR count). The lowest BCUT2D eigenvalue weighted by atomic mass is 9.83. The fourth-order valence-electron chi connectivity index (χ4n) is 3.39. The predicted octanol–water partition coefficient (Wildman–Crippen LogP) is 3.30. The van der Waals surface area contributed by atoms with Gasteiger partial charge in [0.2, 0.25) is 0 Å². The van der Waals surface area contributed by atoms with E-state index in [9.17, 15) is 0 Å². The lowest BCUT2D eigenvalue weighted by Crippen LogP contribution is -2.38. The predicted molar refractivity (Wildman–Crippen MR) is 80.2 cm³/mol. The van der Waals surface area contributed by atoms with Crippen molar-refractivity contribution in [3.8, 4) is 0 Å². The maximum atomic E-state index is 4.30. The van der Waals surface area contributed by atoms with Gasteiger partial charge in [-0.15, -0.1) is 0 Å². The maximum Gasteiger partial charge on any atom is 0.0522 e. The zero-order valence-electron chi connectivity index (χ0n) is 12.6. The molecule has 1 saturated carbocycles. The molecule has 1 fully saturated rings.